The van der Waals surface area contributed by atoms with Crippen LogP contribution in [0, 0.1) is 5.41 Å². The highest BCUT2D eigenvalue weighted by atomic mass is 16.2. The van der Waals surface area contributed by atoms with Crippen molar-refractivity contribution in [1.29, 1.82) is 5.41 Å². The van der Waals surface area contributed by atoms with Gasteiger partial charge in [-0.15, -0.1) is 0 Å². The van der Waals surface area contributed by atoms with Gasteiger partial charge >= 0.3 is 0 Å². The van der Waals surface area contributed by atoms with E-state index in [1.807, 2.05) is 0 Å². The number of unbranched alkanes of at least 4 members (excludes halogenated alkanes) is 1. The fourth-order valence-electron chi connectivity index (χ4n) is 3.03. The number of amidine groups is 1. The highest BCUT2D eigenvalue weighted by molar-refractivity contribution is 6.23. The molecule has 0 spiro atoms. The number of carbonyl (C=O) groups is 3. The lowest BCUT2D eigenvalue weighted by Crippen LogP contribution is -2.52. The molecule has 0 aliphatic heterocycles. The molecule has 0 saturated heterocycles. The first kappa shape index (κ1) is 23.7. The maximum absolute atomic E-state index is 13.5. The molecule has 0 aromatic heterocycles. The van der Waals surface area contributed by atoms with Crippen LogP contribution in [-0.4, -0.2) is 42.7 Å². The van der Waals surface area contributed by atoms with Gasteiger partial charge in [-0.25, -0.2) is 4.90 Å². The summed E-state index contributed by atoms with van der Waals surface area (Å²) in [6.45, 7) is 0.172. The van der Waals surface area contributed by atoms with Gasteiger partial charge in [0.1, 0.15) is 11.9 Å². The Kier molecular flexibility index (Phi) is 8.86. The summed E-state index contributed by atoms with van der Waals surface area (Å²) in [7, 11) is 0. The standard InChI is InChI=1S/C22H28N6O3/c23-12-5-4-11-18(27-19(29)14-24)22(31)28(17-9-2-1-3-10-17)21(30)16-8-6-7-15(13-16)20(25)26/h1-3,6-10,13,18H,4-5,11-12,14,23-24H2,(H3,25,26)(H,27,29)/t18-/m0/s1. The van der Waals surface area contributed by atoms with Crippen molar-refractivity contribution in [2.75, 3.05) is 18.0 Å². The average molecular weight is 425 g/mol. The minimum atomic E-state index is -0.942. The lowest BCUT2D eigenvalue weighted by molar-refractivity contribution is -0.126. The highest BCUT2D eigenvalue weighted by Gasteiger charge is 2.31. The molecular weight excluding hydrogens is 396 g/mol. The number of benzene rings is 2. The Balaban J connectivity index is 2.45. The van der Waals surface area contributed by atoms with E-state index in [2.05, 4.69) is 5.32 Å². The fourth-order valence-corrected chi connectivity index (χ4v) is 3.03. The second kappa shape index (κ2) is 11.6. The predicted octanol–water partition coefficient (Wildman–Crippen LogP) is 0.717. The van der Waals surface area contributed by atoms with Gasteiger partial charge in [0.05, 0.1) is 12.2 Å². The van der Waals surface area contributed by atoms with E-state index in [1.54, 1.807) is 48.5 Å². The number of amides is 3. The summed E-state index contributed by atoms with van der Waals surface area (Å²) in [5.41, 5.74) is 17.4. The molecule has 0 heterocycles. The number of carbonyl (C=O) groups excluding carboxylic acids is 3. The van der Waals surface area contributed by atoms with Gasteiger partial charge in [-0.3, -0.25) is 19.8 Å². The van der Waals surface area contributed by atoms with Gasteiger partial charge in [0.25, 0.3) is 11.8 Å². The van der Waals surface area contributed by atoms with Crippen molar-refractivity contribution >= 4 is 29.2 Å². The molecule has 0 radical (unpaired) electrons. The van der Waals surface area contributed by atoms with E-state index in [1.165, 1.54) is 6.07 Å². The van der Waals surface area contributed by atoms with Crippen molar-refractivity contribution < 1.29 is 14.4 Å². The second-order valence-corrected chi connectivity index (χ2v) is 6.92. The van der Waals surface area contributed by atoms with E-state index in [-0.39, 0.29) is 17.9 Å². The van der Waals surface area contributed by atoms with E-state index < -0.39 is 23.8 Å². The minimum Gasteiger partial charge on any atom is -0.384 e. The van der Waals surface area contributed by atoms with Crippen LogP contribution < -0.4 is 27.4 Å². The maximum Gasteiger partial charge on any atom is 0.265 e. The van der Waals surface area contributed by atoms with Crippen LogP contribution in [0.4, 0.5) is 5.69 Å². The Morgan fingerprint density at radius 1 is 0.968 bits per heavy atom. The lowest BCUT2D eigenvalue weighted by atomic mass is 10.0. The smallest absolute Gasteiger partial charge is 0.265 e. The molecule has 2 aromatic carbocycles. The number of nitrogens with one attached hydrogen (secondary N) is 2. The number of para-hydroxylation sites is 1. The molecule has 3 amide bonds. The molecule has 0 fully saturated rings. The molecule has 0 unspecified atom stereocenters. The van der Waals surface area contributed by atoms with Crippen LogP contribution in [0.5, 0.6) is 0 Å². The molecular formula is C22H28N6O3. The third-order valence-electron chi connectivity index (χ3n) is 4.62. The molecule has 2 aromatic rings. The van der Waals surface area contributed by atoms with Gasteiger partial charge in [0.15, 0.2) is 0 Å². The topological polar surface area (TPSA) is 168 Å². The zero-order valence-corrected chi connectivity index (χ0v) is 17.2. The van der Waals surface area contributed by atoms with Crippen molar-refractivity contribution in [3.05, 3.63) is 65.7 Å². The quantitative estimate of drug-likeness (QED) is 0.214. The summed E-state index contributed by atoms with van der Waals surface area (Å²) in [5.74, 6) is -1.86. The Morgan fingerprint density at radius 2 is 1.65 bits per heavy atom. The van der Waals surface area contributed by atoms with Crippen LogP contribution in [-0.2, 0) is 9.59 Å². The fraction of sp³-hybridized carbons (Fsp3) is 0.273. The lowest BCUT2D eigenvalue weighted by Gasteiger charge is -2.27. The number of hydrogen-bond acceptors (Lipinski definition) is 6. The second-order valence-electron chi connectivity index (χ2n) is 6.92. The molecule has 0 aliphatic carbocycles. The third kappa shape index (κ3) is 6.46. The Morgan fingerprint density at radius 3 is 2.26 bits per heavy atom. The average Bonchev–Trinajstić information content (AvgIpc) is 2.79. The number of nitrogen functional groups attached to an aromatic ring is 1. The molecule has 9 nitrogen and oxygen atoms in total. The van der Waals surface area contributed by atoms with Crippen LogP contribution >= 0.6 is 0 Å². The maximum atomic E-state index is 13.5. The van der Waals surface area contributed by atoms with E-state index >= 15 is 0 Å². The molecule has 0 bridgehead atoms. The number of imide groups is 1. The number of rotatable bonds is 10. The van der Waals surface area contributed by atoms with Gasteiger partial charge in [-0.2, -0.15) is 0 Å². The van der Waals surface area contributed by atoms with Crippen LogP contribution in [0.1, 0.15) is 35.2 Å². The third-order valence-corrected chi connectivity index (χ3v) is 4.62. The van der Waals surface area contributed by atoms with Crippen molar-refractivity contribution in [1.82, 2.24) is 5.32 Å². The summed E-state index contributed by atoms with van der Waals surface area (Å²) in [5, 5.41) is 10.2. The Bertz CT molecular complexity index is 932. The molecule has 2 rings (SSSR count). The van der Waals surface area contributed by atoms with Gasteiger partial charge in [-0.05, 0) is 50.1 Å². The van der Waals surface area contributed by atoms with Crippen molar-refractivity contribution in [3.63, 3.8) is 0 Å². The zero-order valence-electron chi connectivity index (χ0n) is 17.2. The molecule has 1 atom stereocenters. The minimum absolute atomic E-state index is 0.191. The molecule has 8 N–H and O–H groups in total. The normalized spacial score (nSPS) is 11.4. The summed E-state index contributed by atoms with van der Waals surface area (Å²) >= 11 is 0. The molecule has 9 heteroatoms. The van der Waals surface area contributed by atoms with Crippen LogP contribution in [0.3, 0.4) is 0 Å². The van der Waals surface area contributed by atoms with Crippen molar-refractivity contribution in [3.8, 4) is 0 Å². The summed E-state index contributed by atoms with van der Waals surface area (Å²) in [6, 6.07) is 13.7. The van der Waals surface area contributed by atoms with Gasteiger partial charge in [0, 0.05) is 11.1 Å². The first-order valence-electron chi connectivity index (χ1n) is 9.96. The van der Waals surface area contributed by atoms with Crippen molar-refractivity contribution in [2.45, 2.75) is 25.3 Å². The predicted molar refractivity (Wildman–Crippen MR) is 120 cm³/mol. The first-order valence-corrected chi connectivity index (χ1v) is 9.96. The number of anilines is 1. The number of nitrogens with two attached hydrogens (primary N) is 3. The van der Waals surface area contributed by atoms with Gasteiger partial charge in [0.2, 0.25) is 5.91 Å². The highest BCUT2D eigenvalue weighted by Crippen LogP contribution is 2.20. The zero-order chi connectivity index (χ0) is 22.8. The Hall–Kier alpha value is -3.56. The van der Waals surface area contributed by atoms with E-state index in [0.29, 0.717) is 37.1 Å². The number of hydrogen-bond donors (Lipinski definition) is 5. The van der Waals surface area contributed by atoms with Gasteiger partial charge in [-0.1, -0.05) is 30.3 Å². The number of nitrogens with zero attached hydrogens (tertiary/aromatic N) is 1. The van der Waals surface area contributed by atoms with E-state index in [4.69, 9.17) is 22.6 Å². The largest absolute Gasteiger partial charge is 0.384 e. The van der Waals surface area contributed by atoms with Crippen LogP contribution in [0.15, 0.2) is 54.6 Å². The Labute approximate surface area is 181 Å². The monoisotopic (exact) mass is 424 g/mol. The van der Waals surface area contributed by atoms with E-state index in [9.17, 15) is 14.4 Å². The van der Waals surface area contributed by atoms with Crippen molar-refractivity contribution in [2.24, 2.45) is 17.2 Å². The first-order chi connectivity index (χ1) is 14.9. The molecule has 164 valence electrons. The summed E-state index contributed by atoms with van der Waals surface area (Å²) in [6.07, 6.45) is 1.57. The van der Waals surface area contributed by atoms with E-state index in [0.717, 1.165) is 4.90 Å². The SMILES string of the molecule is N=C(N)c1cccc(C(=O)N(C(=O)[C@H](CCCCN)NC(=O)CN)c2ccccc2)c1. The molecule has 0 saturated carbocycles. The van der Waals surface area contributed by atoms with Crippen LogP contribution in [0.2, 0.25) is 0 Å². The molecule has 0 aliphatic rings. The summed E-state index contributed by atoms with van der Waals surface area (Å²) in [4.78, 5) is 39.8. The van der Waals surface area contributed by atoms with Crippen LogP contribution in [0.25, 0.3) is 0 Å². The molecule has 31 heavy (non-hydrogen) atoms. The van der Waals surface area contributed by atoms with Gasteiger partial charge < -0.3 is 22.5 Å². The summed E-state index contributed by atoms with van der Waals surface area (Å²) < 4.78 is 0.